The number of esters is 1. The lowest BCUT2D eigenvalue weighted by atomic mass is 9.69. The van der Waals surface area contributed by atoms with E-state index >= 15 is 0 Å². The Hall–Kier alpha value is -0.620. The first kappa shape index (κ1) is 20.4. The van der Waals surface area contributed by atoms with Gasteiger partial charge in [0.2, 0.25) is 10.0 Å². The molecule has 0 radical (unpaired) electrons. The summed E-state index contributed by atoms with van der Waals surface area (Å²) in [5, 5.41) is 0. The summed E-state index contributed by atoms with van der Waals surface area (Å²) in [5.74, 6) is 0.341. The van der Waals surface area contributed by atoms with E-state index in [4.69, 9.17) is 4.74 Å². The third-order valence-corrected chi connectivity index (χ3v) is 6.71. The topological polar surface area (TPSA) is 72.5 Å². The smallest absolute Gasteiger partial charge is 0.305 e. The number of sulfonamides is 1. The largest absolute Gasteiger partial charge is 0.466 e. The lowest BCUT2D eigenvalue weighted by Gasteiger charge is -2.39. The third kappa shape index (κ3) is 7.21. The molecule has 0 atom stereocenters. The monoisotopic (exact) mass is 347 g/mol. The van der Waals surface area contributed by atoms with Crippen molar-refractivity contribution in [2.24, 2.45) is 11.3 Å². The number of carbonyl (C=O) groups is 1. The lowest BCUT2D eigenvalue weighted by molar-refractivity contribution is -0.143. The highest BCUT2D eigenvalue weighted by Crippen LogP contribution is 2.40. The van der Waals surface area contributed by atoms with Gasteiger partial charge in [-0.3, -0.25) is 4.79 Å². The van der Waals surface area contributed by atoms with Crippen LogP contribution in [0.4, 0.5) is 0 Å². The third-order valence-electron chi connectivity index (χ3n) is 5.19. The first-order valence-electron chi connectivity index (χ1n) is 8.85. The summed E-state index contributed by atoms with van der Waals surface area (Å²) in [6.45, 7) is 8.90. The van der Waals surface area contributed by atoms with E-state index in [1.165, 1.54) is 0 Å². The van der Waals surface area contributed by atoms with Gasteiger partial charge in [0.1, 0.15) is 0 Å². The lowest BCUT2D eigenvalue weighted by Crippen LogP contribution is -2.40. The number of hydrogen-bond acceptors (Lipinski definition) is 4. The molecule has 0 bridgehead atoms. The van der Waals surface area contributed by atoms with Crippen molar-refractivity contribution < 1.29 is 17.9 Å². The molecule has 5 nitrogen and oxygen atoms in total. The molecule has 1 aliphatic carbocycles. The van der Waals surface area contributed by atoms with Crippen molar-refractivity contribution >= 4 is 16.0 Å². The Bertz CT molecular complexity index is 465. The molecule has 0 unspecified atom stereocenters. The molecule has 1 fully saturated rings. The van der Waals surface area contributed by atoms with Crippen LogP contribution >= 0.6 is 0 Å². The standard InChI is InChI=1S/C17H33NO4S/c1-5-17(3,4)14-9-11-15(12-10-14)18-23(20,21)13-7-8-16(19)22-6-2/h14-15,18H,5-13H2,1-4H3. The maximum Gasteiger partial charge on any atom is 0.305 e. The molecule has 0 heterocycles. The highest BCUT2D eigenvalue weighted by molar-refractivity contribution is 7.89. The second-order valence-corrected chi connectivity index (χ2v) is 9.11. The van der Waals surface area contributed by atoms with Crippen molar-refractivity contribution in [1.82, 2.24) is 4.72 Å². The van der Waals surface area contributed by atoms with Crippen LogP contribution in [0, 0.1) is 11.3 Å². The Kier molecular flexibility index (Phi) is 8.01. The van der Waals surface area contributed by atoms with Crippen LogP contribution in [0.2, 0.25) is 0 Å². The van der Waals surface area contributed by atoms with Crippen molar-refractivity contribution in [3.63, 3.8) is 0 Å². The van der Waals surface area contributed by atoms with E-state index in [9.17, 15) is 13.2 Å². The minimum absolute atomic E-state index is 0.00774. The maximum atomic E-state index is 12.1. The minimum atomic E-state index is -3.31. The van der Waals surface area contributed by atoms with E-state index in [1.54, 1.807) is 6.92 Å². The summed E-state index contributed by atoms with van der Waals surface area (Å²) in [4.78, 5) is 11.2. The highest BCUT2D eigenvalue weighted by Gasteiger charge is 2.32. The SMILES string of the molecule is CCOC(=O)CCCS(=O)(=O)NC1CCC(C(C)(C)CC)CC1. The van der Waals surface area contributed by atoms with Crippen molar-refractivity contribution in [3.05, 3.63) is 0 Å². The Labute approximate surface area is 141 Å². The zero-order valence-corrected chi connectivity index (χ0v) is 15.9. The van der Waals surface area contributed by atoms with Gasteiger partial charge in [0.15, 0.2) is 0 Å². The zero-order chi connectivity index (χ0) is 17.5. The molecule has 0 aliphatic heterocycles. The summed E-state index contributed by atoms with van der Waals surface area (Å²) < 4.78 is 31.8. The average Bonchev–Trinajstić information content (AvgIpc) is 2.47. The summed E-state index contributed by atoms with van der Waals surface area (Å²) in [5.41, 5.74) is 0.337. The fraction of sp³-hybridized carbons (Fsp3) is 0.941. The van der Waals surface area contributed by atoms with E-state index in [2.05, 4.69) is 25.5 Å². The zero-order valence-electron chi connectivity index (χ0n) is 15.1. The molecule has 0 aromatic rings. The highest BCUT2D eigenvalue weighted by atomic mass is 32.2. The van der Waals surface area contributed by atoms with Crippen LogP contribution < -0.4 is 4.72 Å². The molecule has 6 heteroatoms. The van der Waals surface area contributed by atoms with Crippen LogP contribution in [-0.2, 0) is 19.6 Å². The van der Waals surface area contributed by atoms with Crippen LogP contribution in [0.5, 0.6) is 0 Å². The van der Waals surface area contributed by atoms with Gasteiger partial charge in [-0.15, -0.1) is 0 Å². The molecule has 0 saturated heterocycles. The summed E-state index contributed by atoms with van der Waals surface area (Å²) in [6, 6.07) is 0.0477. The van der Waals surface area contributed by atoms with Crippen molar-refractivity contribution in [2.45, 2.75) is 78.7 Å². The van der Waals surface area contributed by atoms with Gasteiger partial charge in [0.25, 0.3) is 0 Å². The molecule has 1 saturated carbocycles. The quantitative estimate of drug-likeness (QED) is 0.650. The van der Waals surface area contributed by atoms with Gasteiger partial charge in [0.05, 0.1) is 12.4 Å². The first-order valence-corrected chi connectivity index (χ1v) is 10.5. The number of ether oxygens (including phenoxy) is 1. The Morgan fingerprint density at radius 2 is 1.78 bits per heavy atom. The van der Waals surface area contributed by atoms with Gasteiger partial charge < -0.3 is 4.74 Å². The predicted molar refractivity (Wildman–Crippen MR) is 92.6 cm³/mol. The van der Waals surface area contributed by atoms with Crippen LogP contribution in [-0.4, -0.2) is 32.8 Å². The molecule has 1 N–H and O–H groups in total. The number of carbonyl (C=O) groups excluding carboxylic acids is 1. The van der Waals surface area contributed by atoms with Crippen LogP contribution in [0.1, 0.15) is 72.6 Å². The number of hydrogen-bond donors (Lipinski definition) is 1. The van der Waals surface area contributed by atoms with Crippen molar-refractivity contribution in [2.75, 3.05) is 12.4 Å². The fourth-order valence-corrected chi connectivity index (χ4v) is 4.62. The van der Waals surface area contributed by atoms with Crippen LogP contribution in [0.25, 0.3) is 0 Å². The Morgan fingerprint density at radius 1 is 1.17 bits per heavy atom. The van der Waals surface area contributed by atoms with Gasteiger partial charge in [-0.2, -0.15) is 0 Å². The normalized spacial score (nSPS) is 22.8. The summed E-state index contributed by atoms with van der Waals surface area (Å²) in [6.07, 6.45) is 5.60. The van der Waals surface area contributed by atoms with E-state index in [1.807, 2.05) is 0 Å². The molecular formula is C17H33NO4S. The molecule has 1 rings (SSSR count). The molecular weight excluding hydrogens is 314 g/mol. The minimum Gasteiger partial charge on any atom is -0.466 e. The van der Waals surface area contributed by atoms with Crippen LogP contribution in [0.15, 0.2) is 0 Å². The maximum absolute atomic E-state index is 12.1. The average molecular weight is 348 g/mol. The summed E-state index contributed by atoms with van der Waals surface area (Å²) in [7, 11) is -3.31. The van der Waals surface area contributed by atoms with Crippen molar-refractivity contribution in [1.29, 1.82) is 0 Å². The summed E-state index contributed by atoms with van der Waals surface area (Å²) >= 11 is 0. The molecule has 1 aliphatic rings. The molecule has 0 aromatic heterocycles. The van der Waals surface area contributed by atoms with Gasteiger partial charge in [-0.1, -0.05) is 27.2 Å². The molecule has 136 valence electrons. The number of rotatable bonds is 9. The van der Waals surface area contributed by atoms with Gasteiger partial charge in [0, 0.05) is 12.5 Å². The predicted octanol–water partition coefficient (Wildman–Crippen LogP) is 3.24. The van der Waals surface area contributed by atoms with Gasteiger partial charge >= 0.3 is 5.97 Å². The fourth-order valence-electron chi connectivity index (χ4n) is 3.23. The van der Waals surface area contributed by atoms with Gasteiger partial charge in [-0.25, -0.2) is 13.1 Å². The molecule has 0 aromatic carbocycles. The van der Waals surface area contributed by atoms with E-state index in [0.717, 1.165) is 32.1 Å². The van der Waals surface area contributed by atoms with Crippen LogP contribution in [0.3, 0.4) is 0 Å². The molecule has 0 spiro atoms. The van der Waals surface area contributed by atoms with E-state index in [-0.39, 0.29) is 24.2 Å². The first-order chi connectivity index (χ1) is 10.7. The van der Waals surface area contributed by atoms with Gasteiger partial charge in [-0.05, 0) is 50.4 Å². The molecule has 0 amide bonds. The second kappa shape index (κ2) is 9.02. The van der Waals surface area contributed by atoms with E-state index < -0.39 is 10.0 Å². The Morgan fingerprint density at radius 3 is 2.30 bits per heavy atom. The molecule has 23 heavy (non-hydrogen) atoms. The van der Waals surface area contributed by atoms with E-state index in [0.29, 0.717) is 24.4 Å². The Balaban J connectivity index is 2.35. The van der Waals surface area contributed by atoms with Crippen molar-refractivity contribution in [3.8, 4) is 0 Å². The second-order valence-electron chi connectivity index (χ2n) is 7.24. The number of nitrogens with one attached hydrogen (secondary N) is 1.